The van der Waals surface area contributed by atoms with E-state index in [1.165, 1.54) is 24.8 Å². The Kier molecular flexibility index (Phi) is 1.93. The van der Waals surface area contributed by atoms with Crippen LogP contribution in [0.3, 0.4) is 0 Å². The van der Waals surface area contributed by atoms with Crippen molar-refractivity contribution in [2.45, 2.75) is 24.7 Å². The van der Waals surface area contributed by atoms with Crippen LogP contribution < -0.4 is 0 Å². The largest absolute Gasteiger partial charge is 0.274 e. The molecule has 0 unspecified atom stereocenters. The van der Waals surface area contributed by atoms with E-state index in [1.54, 1.807) is 3.93 Å². The predicted molar refractivity (Wildman–Crippen MR) is 61.9 cm³/mol. The molecule has 1 aromatic carbocycles. The van der Waals surface area contributed by atoms with Crippen molar-refractivity contribution in [3.8, 4) is 0 Å². The number of carbonyl (C=O) groups excluding carboxylic acids is 1. The molecule has 1 heterocycles. The van der Waals surface area contributed by atoms with Crippen molar-refractivity contribution in [2.75, 3.05) is 6.54 Å². The Balaban J connectivity index is 2.17. The summed E-state index contributed by atoms with van der Waals surface area (Å²) in [5, 5.41) is 0. The Labute approximate surface area is 97.6 Å². The summed E-state index contributed by atoms with van der Waals surface area (Å²) in [4.78, 5) is 11.9. The summed E-state index contributed by atoms with van der Waals surface area (Å²) in [7, 11) is 0. The number of nitrogens with zero attached hydrogens (tertiary/aromatic N) is 1. The lowest BCUT2D eigenvalue weighted by Gasteiger charge is -2.47. The highest BCUT2D eigenvalue weighted by molar-refractivity contribution is 9.07. The molecule has 1 saturated carbocycles. The average molecular weight is 266 g/mol. The molecular weight excluding hydrogens is 254 g/mol. The normalized spacial score (nSPS) is 22.5. The molecule has 0 bridgehead atoms. The van der Waals surface area contributed by atoms with Gasteiger partial charge < -0.3 is 0 Å². The molecule has 1 fully saturated rings. The van der Waals surface area contributed by atoms with Crippen LogP contribution in [-0.4, -0.2) is 16.4 Å². The zero-order valence-electron chi connectivity index (χ0n) is 8.37. The van der Waals surface area contributed by atoms with Gasteiger partial charge in [0.1, 0.15) is 0 Å². The molecule has 0 aromatic heterocycles. The highest BCUT2D eigenvalue weighted by atomic mass is 79.9. The lowest BCUT2D eigenvalue weighted by Crippen LogP contribution is -2.49. The molecule has 0 radical (unpaired) electrons. The first-order valence-electron chi connectivity index (χ1n) is 5.30. The fourth-order valence-electron chi connectivity index (χ4n) is 2.72. The van der Waals surface area contributed by atoms with Gasteiger partial charge in [0.15, 0.2) is 0 Å². The van der Waals surface area contributed by atoms with Crippen molar-refractivity contribution >= 4 is 22.1 Å². The smallest absolute Gasteiger partial charge is 0.264 e. The first-order chi connectivity index (χ1) is 7.23. The van der Waals surface area contributed by atoms with E-state index < -0.39 is 0 Å². The molecule has 2 aliphatic rings. The number of rotatable bonds is 0. The minimum atomic E-state index is 0.100. The lowest BCUT2D eigenvalue weighted by molar-refractivity contribution is 0.0782. The number of carbonyl (C=O) groups is 1. The van der Waals surface area contributed by atoms with Crippen molar-refractivity contribution in [1.82, 2.24) is 3.93 Å². The Bertz CT molecular complexity index is 425. The highest BCUT2D eigenvalue weighted by Crippen LogP contribution is 2.48. The van der Waals surface area contributed by atoms with Crippen LogP contribution in [0, 0.1) is 0 Å². The van der Waals surface area contributed by atoms with Crippen molar-refractivity contribution in [3.63, 3.8) is 0 Å². The topological polar surface area (TPSA) is 20.3 Å². The maximum Gasteiger partial charge on any atom is 0.264 e. The molecular formula is C12H12BrNO. The van der Waals surface area contributed by atoms with Gasteiger partial charge in [0.2, 0.25) is 0 Å². The van der Waals surface area contributed by atoms with Gasteiger partial charge in [-0.25, -0.2) is 0 Å². The van der Waals surface area contributed by atoms with Crippen molar-refractivity contribution in [2.24, 2.45) is 0 Å². The summed E-state index contributed by atoms with van der Waals surface area (Å²) in [6.45, 7) is 0.822. The van der Waals surface area contributed by atoms with Crippen molar-refractivity contribution < 1.29 is 4.79 Å². The van der Waals surface area contributed by atoms with E-state index in [4.69, 9.17) is 0 Å². The summed E-state index contributed by atoms with van der Waals surface area (Å²) in [5.74, 6) is 0.100. The maximum atomic E-state index is 11.9. The van der Waals surface area contributed by atoms with Crippen LogP contribution in [0.1, 0.15) is 35.2 Å². The van der Waals surface area contributed by atoms with Gasteiger partial charge in [0, 0.05) is 17.5 Å². The van der Waals surface area contributed by atoms with Gasteiger partial charge >= 0.3 is 0 Å². The lowest BCUT2D eigenvalue weighted by atomic mass is 9.62. The van der Waals surface area contributed by atoms with E-state index in [9.17, 15) is 4.79 Å². The third-order valence-electron chi connectivity index (χ3n) is 3.70. The van der Waals surface area contributed by atoms with Crippen LogP contribution in [0.4, 0.5) is 0 Å². The number of benzene rings is 1. The first kappa shape index (κ1) is 9.40. The number of fused-ring (bicyclic) bond motifs is 2. The Morgan fingerprint density at radius 3 is 2.67 bits per heavy atom. The molecule has 2 nitrogen and oxygen atoms in total. The monoisotopic (exact) mass is 265 g/mol. The van der Waals surface area contributed by atoms with Crippen LogP contribution in [0.2, 0.25) is 0 Å². The Morgan fingerprint density at radius 2 is 2.00 bits per heavy atom. The maximum absolute atomic E-state index is 11.9. The van der Waals surface area contributed by atoms with Gasteiger partial charge in [0.05, 0.1) is 16.1 Å². The van der Waals surface area contributed by atoms with Crippen LogP contribution in [0.15, 0.2) is 24.3 Å². The molecule has 1 amide bonds. The Hall–Kier alpha value is -0.830. The minimum absolute atomic E-state index is 0.100. The standard InChI is InChI=1S/C12H12BrNO/c13-14-8-12(6-3-7-12)10-5-2-1-4-9(10)11(14)15/h1-2,4-5H,3,6-8H2. The van der Waals surface area contributed by atoms with Crippen molar-refractivity contribution in [3.05, 3.63) is 35.4 Å². The molecule has 0 saturated heterocycles. The number of halogens is 1. The van der Waals surface area contributed by atoms with Gasteiger partial charge in [-0.1, -0.05) is 24.6 Å². The summed E-state index contributed by atoms with van der Waals surface area (Å²) in [5.41, 5.74) is 2.38. The van der Waals surface area contributed by atoms with Gasteiger partial charge in [-0.2, -0.15) is 0 Å². The van der Waals surface area contributed by atoms with E-state index in [2.05, 4.69) is 22.2 Å². The van der Waals surface area contributed by atoms with Gasteiger partial charge in [-0.15, -0.1) is 0 Å². The molecule has 1 aliphatic carbocycles. The highest BCUT2D eigenvalue weighted by Gasteiger charge is 2.46. The Morgan fingerprint density at radius 1 is 1.27 bits per heavy atom. The van der Waals surface area contributed by atoms with Crippen LogP contribution >= 0.6 is 16.1 Å². The summed E-state index contributed by atoms with van der Waals surface area (Å²) >= 11 is 3.36. The molecule has 0 N–H and O–H groups in total. The minimum Gasteiger partial charge on any atom is -0.274 e. The third kappa shape index (κ3) is 1.19. The number of hydrogen-bond acceptors (Lipinski definition) is 1. The predicted octanol–water partition coefficient (Wildman–Crippen LogP) is 2.87. The third-order valence-corrected chi connectivity index (χ3v) is 4.27. The van der Waals surface area contributed by atoms with E-state index in [0.29, 0.717) is 0 Å². The fourth-order valence-corrected chi connectivity index (χ4v) is 3.39. The molecule has 3 heteroatoms. The summed E-state index contributed by atoms with van der Waals surface area (Å²) in [6.07, 6.45) is 3.70. The molecule has 15 heavy (non-hydrogen) atoms. The molecule has 78 valence electrons. The van der Waals surface area contributed by atoms with E-state index in [1.807, 2.05) is 18.2 Å². The van der Waals surface area contributed by atoms with Crippen LogP contribution in [0.25, 0.3) is 0 Å². The molecule has 1 aliphatic heterocycles. The van der Waals surface area contributed by atoms with E-state index >= 15 is 0 Å². The second-order valence-corrected chi connectivity index (χ2v) is 5.36. The molecule has 1 aromatic rings. The fraction of sp³-hybridized carbons (Fsp3) is 0.417. The van der Waals surface area contributed by atoms with Crippen molar-refractivity contribution in [1.29, 1.82) is 0 Å². The second kappa shape index (κ2) is 3.08. The number of amides is 1. The average Bonchev–Trinajstić information content (AvgIpc) is 2.21. The first-order valence-corrected chi connectivity index (χ1v) is 6.01. The summed E-state index contributed by atoms with van der Waals surface area (Å²) in [6, 6.07) is 8.03. The molecule has 0 atom stereocenters. The zero-order valence-corrected chi connectivity index (χ0v) is 9.96. The van der Waals surface area contributed by atoms with Gasteiger partial charge in [-0.3, -0.25) is 8.72 Å². The second-order valence-electron chi connectivity index (χ2n) is 4.50. The van der Waals surface area contributed by atoms with Crippen LogP contribution in [-0.2, 0) is 5.41 Å². The number of hydrogen-bond donors (Lipinski definition) is 0. The zero-order chi connectivity index (χ0) is 10.5. The van der Waals surface area contributed by atoms with Gasteiger partial charge in [-0.05, 0) is 24.5 Å². The SMILES string of the molecule is O=C1c2ccccc2C2(CCC2)CN1Br. The van der Waals surface area contributed by atoms with E-state index in [0.717, 1.165) is 12.1 Å². The van der Waals surface area contributed by atoms with E-state index in [-0.39, 0.29) is 11.3 Å². The molecule has 3 rings (SSSR count). The van der Waals surface area contributed by atoms with Gasteiger partial charge in [0.25, 0.3) is 5.91 Å². The summed E-state index contributed by atoms with van der Waals surface area (Å²) < 4.78 is 1.69. The molecule has 1 spiro atoms. The quantitative estimate of drug-likeness (QED) is 0.661. The van der Waals surface area contributed by atoms with Crippen LogP contribution in [0.5, 0.6) is 0 Å².